The fraction of sp³-hybridized carbons (Fsp3) is 0.267. The van der Waals surface area contributed by atoms with E-state index >= 15 is 0 Å². The van der Waals surface area contributed by atoms with E-state index in [1.165, 1.54) is 0 Å². The number of furan rings is 1. The SMILES string of the molecule is CN(C)C(CNC(=O)c1ccc(N)cc1)c1ccco1. The summed E-state index contributed by atoms with van der Waals surface area (Å²) in [5.74, 6) is 0.705. The molecule has 1 aromatic carbocycles. The average Bonchev–Trinajstić information content (AvgIpc) is 2.93. The molecular formula is C15H19N3O2. The third-order valence-corrected chi connectivity index (χ3v) is 3.12. The Labute approximate surface area is 118 Å². The van der Waals surface area contributed by atoms with Gasteiger partial charge in [-0.05, 0) is 50.5 Å². The van der Waals surface area contributed by atoms with Crippen LogP contribution in [0.1, 0.15) is 22.2 Å². The quantitative estimate of drug-likeness (QED) is 0.816. The smallest absolute Gasteiger partial charge is 0.251 e. The molecule has 106 valence electrons. The normalized spacial score (nSPS) is 12.3. The molecule has 0 spiro atoms. The number of nitrogens with two attached hydrogens (primary N) is 1. The van der Waals surface area contributed by atoms with Gasteiger partial charge in [-0.2, -0.15) is 0 Å². The Morgan fingerprint density at radius 3 is 2.55 bits per heavy atom. The maximum Gasteiger partial charge on any atom is 0.251 e. The molecule has 5 heteroatoms. The van der Waals surface area contributed by atoms with Crippen LogP contribution < -0.4 is 11.1 Å². The van der Waals surface area contributed by atoms with E-state index < -0.39 is 0 Å². The van der Waals surface area contributed by atoms with Gasteiger partial charge in [-0.3, -0.25) is 9.69 Å². The summed E-state index contributed by atoms with van der Waals surface area (Å²) < 4.78 is 5.40. The molecule has 0 bridgehead atoms. The van der Waals surface area contributed by atoms with Crippen molar-refractivity contribution >= 4 is 11.6 Å². The van der Waals surface area contributed by atoms with E-state index in [-0.39, 0.29) is 11.9 Å². The van der Waals surface area contributed by atoms with Crippen molar-refractivity contribution in [1.29, 1.82) is 0 Å². The van der Waals surface area contributed by atoms with E-state index in [0.717, 1.165) is 5.76 Å². The predicted octanol–water partition coefficient (Wildman–Crippen LogP) is 1.89. The number of hydrogen-bond donors (Lipinski definition) is 2. The Morgan fingerprint density at radius 1 is 1.30 bits per heavy atom. The lowest BCUT2D eigenvalue weighted by Gasteiger charge is -2.22. The highest BCUT2D eigenvalue weighted by molar-refractivity contribution is 5.94. The van der Waals surface area contributed by atoms with Gasteiger partial charge in [0.2, 0.25) is 0 Å². The second-order valence-electron chi connectivity index (χ2n) is 4.83. The third-order valence-electron chi connectivity index (χ3n) is 3.12. The average molecular weight is 273 g/mol. The fourth-order valence-corrected chi connectivity index (χ4v) is 1.94. The van der Waals surface area contributed by atoms with Crippen LogP contribution in [0.15, 0.2) is 47.1 Å². The molecule has 2 rings (SSSR count). The van der Waals surface area contributed by atoms with Crippen molar-refractivity contribution in [3.63, 3.8) is 0 Å². The maximum absolute atomic E-state index is 12.1. The Kier molecular flexibility index (Phi) is 4.42. The number of carbonyl (C=O) groups is 1. The van der Waals surface area contributed by atoms with Crippen LogP contribution in [0.2, 0.25) is 0 Å². The Hall–Kier alpha value is -2.27. The number of carbonyl (C=O) groups excluding carboxylic acids is 1. The predicted molar refractivity (Wildman–Crippen MR) is 78.3 cm³/mol. The van der Waals surface area contributed by atoms with Gasteiger partial charge in [-0.15, -0.1) is 0 Å². The summed E-state index contributed by atoms with van der Waals surface area (Å²) in [4.78, 5) is 14.1. The van der Waals surface area contributed by atoms with Gasteiger partial charge >= 0.3 is 0 Å². The molecule has 0 aliphatic rings. The minimum absolute atomic E-state index is 0.00253. The molecule has 20 heavy (non-hydrogen) atoms. The second-order valence-corrected chi connectivity index (χ2v) is 4.83. The number of anilines is 1. The summed E-state index contributed by atoms with van der Waals surface area (Å²) in [6.07, 6.45) is 1.63. The first-order valence-electron chi connectivity index (χ1n) is 6.41. The molecule has 0 aliphatic carbocycles. The van der Waals surface area contributed by atoms with Gasteiger partial charge in [-0.1, -0.05) is 0 Å². The third kappa shape index (κ3) is 3.39. The highest BCUT2D eigenvalue weighted by atomic mass is 16.3. The van der Waals surface area contributed by atoms with Gasteiger partial charge in [0.1, 0.15) is 5.76 Å². The van der Waals surface area contributed by atoms with Gasteiger partial charge in [-0.25, -0.2) is 0 Å². The van der Waals surface area contributed by atoms with Crippen LogP contribution in [0.3, 0.4) is 0 Å². The summed E-state index contributed by atoms with van der Waals surface area (Å²) in [6, 6.07) is 10.6. The Morgan fingerprint density at radius 2 is 2.00 bits per heavy atom. The fourth-order valence-electron chi connectivity index (χ4n) is 1.94. The number of benzene rings is 1. The molecule has 1 aromatic heterocycles. The number of nitrogen functional groups attached to an aromatic ring is 1. The van der Waals surface area contributed by atoms with E-state index in [1.54, 1.807) is 30.5 Å². The summed E-state index contributed by atoms with van der Waals surface area (Å²) in [6.45, 7) is 0.476. The Balaban J connectivity index is 1.99. The zero-order chi connectivity index (χ0) is 14.5. The number of rotatable bonds is 5. The van der Waals surface area contributed by atoms with Crippen molar-refractivity contribution in [3.8, 4) is 0 Å². The zero-order valence-electron chi connectivity index (χ0n) is 11.7. The monoisotopic (exact) mass is 273 g/mol. The molecule has 0 fully saturated rings. The molecule has 1 unspecified atom stereocenters. The van der Waals surface area contributed by atoms with Crippen LogP contribution in [0, 0.1) is 0 Å². The van der Waals surface area contributed by atoms with E-state index in [0.29, 0.717) is 17.8 Å². The first-order valence-corrected chi connectivity index (χ1v) is 6.41. The van der Waals surface area contributed by atoms with Crippen molar-refractivity contribution in [3.05, 3.63) is 54.0 Å². The number of hydrogen-bond acceptors (Lipinski definition) is 4. The molecule has 0 radical (unpaired) electrons. The lowest BCUT2D eigenvalue weighted by molar-refractivity contribution is 0.0939. The van der Waals surface area contributed by atoms with Gasteiger partial charge in [0.05, 0.1) is 12.3 Å². The maximum atomic E-state index is 12.1. The minimum Gasteiger partial charge on any atom is -0.468 e. The molecule has 0 saturated carbocycles. The number of nitrogens with zero attached hydrogens (tertiary/aromatic N) is 1. The molecule has 1 amide bonds. The molecule has 5 nitrogen and oxygen atoms in total. The van der Waals surface area contributed by atoms with Crippen LogP contribution in [-0.4, -0.2) is 31.4 Å². The summed E-state index contributed by atoms with van der Waals surface area (Å²) in [5, 5.41) is 2.91. The van der Waals surface area contributed by atoms with Crippen molar-refractivity contribution in [1.82, 2.24) is 10.2 Å². The number of likely N-dealkylation sites (N-methyl/N-ethyl adjacent to an activating group) is 1. The van der Waals surface area contributed by atoms with E-state index in [9.17, 15) is 4.79 Å². The van der Waals surface area contributed by atoms with Crippen LogP contribution in [0.25, 0.3) is 0 Å². The molecule has 3 N–H and O–H groups in total. The van der Waals surface area contributed by atoms with Crippen LogP contribution in [0.5, 0.6) is 0 Å². The number of nitrogens with one attached hydrogen (secondary N) is 1. The largest absolute Gasteiger partial charge is 0.468 e. The molecule has 2 aromatic rings. The minimum atomic E-state index is -0.122. The highest BCUT2D eigenvalue weighted by Crippen LogP contribution is 2.17. The Bertz CT molecular complexity index is 547. The highest BCUT2D eigenvalue weighted by Gasteiger charge is 2.18. The van der Waals surface area contributed by atoms with Crippen molar-refractivity contribution in [2.24, 2.45) is 0 Å². The van der Waals surface area contributed by atoms with Gasteiger partial charge < -0.3 is 15.5 Å². The van der Waals surface area contributed by atoms with Crippen molar-refractivity contribution < 1.29 is 9.21 Å². The van der Waals surface area contributed by atoms with E-state index in [2.05, 4.69) is 5.32 Å². The van der Waals surface area contributed by atoms with Crippen LogP contribution in [-0.2, 0) is 0 Å². The number of amides is 1. The second kappa shape index (κ2) is 6.25. The van der Waals surface area contributed by atoms with E-state index in [4.69, 9.17) is 10.2 Å². The molecule has 1 heterocycles. The lowest BCUT2D eigenvalue weighted by atomic mass is 10.1. The topological polar surface area (TPSA) is 71.5 Å². The summed E-state index contributed by atoms with van der Waals surface area (Å²) in [5.41, 5.74) is 6.84. The molecule has 1 atom stereocenters. The van der Waals surface area contributed by atoms with Gasteiger partial charge in [0.15, 0.2) is 0 Å². The van der Waals surface area contributed by atoms with Crippen LogP contribution in [0.4, 0.5) is 5.69 Å². The summed E-state index contributed by atoms with van der Waals surface area (Å²) in [7, 11) is 3.89. The standard InChI is InChI=1S/C15H19N3O2/c1-18(2)13(14-4-3-9-20-14)10-17-15(19)11-5-7-12(16)8-6-11/h3-9,13H,10,16H2,1-2H3,(H,17,19). The molecular weight excluding hydrogens is 254 g/mol. The lowest BCUT2D eigenvalue weighted by Crippen LogP contribution is -2.34. The molecule has 0 aliphatic heterocycles. The first kappa shape index (κ1) is 14.1. The van der Waals surface area contributed by atoms with Crippen molar-refractivity contribution in [2.45, 2.75) is 6.04 Å². The first-order chi connectivity index (χ1) is 9.58. The van der Waals surface area contributed by atoms with Gasteiger partial charge in [0, 0.05) is 17.8 Å². The molecule has 0 saturated heterocycles. The summed E-state index contributed by atoms with van der Waals surface area (Å²) >= 11 is 0. The van der Waals surface area contributed by atoms with Crippen molar-refractivity contribution in [2.75, 3.05) is 26.4 Å². The van der Waals surface area contributed by atoms with E-state index in [1.807, 2.05) is 31.1 Å². The van der Waals surface area contributed by atoms with Gasteiger partial charge in [0.25, 0.3) is 5.91 Å². The zero-order valence-corrected chi connectivity index (χ0v) is 11.7. The van der Waals surface area contributed by atoms with Crippen LogP contribution >= 0.6 is 0 Å².